The van der Waals surface area contributed by atoms with Gasteiger partial charge in [0.05, 0.1) is 10.9 Å². The fourth-order valence-electron chi connectivity index (χ4n) is 5.93. The van der Waals surface area contributed by atoms with Gasteiger partial charge in [-0.25, -0.2) is 8.42 Å². The van der Waals surface area contributed by atoms with Gasteiger partial charge in [-0.05, 0) is 66.0 Å². The molecule has 0 bridgehead atoms. The van der Waals surface area contributed by atoms with Gasteiger partial charge in [0.2, 0.25) is 15.9 Å². The zero-order valence-electron chi connectivity index (χ0n) is 24.3. The molecule has 1 saturated heterocycles. The van der Waals surface area contributed by atoms with E-state index in [1.54, 1.807) is 16.4 Å². The summed E-state index contributed by atoms with van der Waals surface area (Å²) in [5.74, 6) is 0.0946. The summed E-state index contributed by atoms with van der Waals surface area (Å²) in [4.78, 5) is 19.4. The first kappa shape index (κ1) is 29.0. The van der Waals surface area contributed by atoms with E-state index in [1.807, 2.05) is 35.3 Å². The zero-order valence-corrected chi connectivity index (χ0v) is 25.9. The number of hydrogen-bond donors (Lipinski definition) is 0. The van der Waals surface area contributed by atoms with Gasteiger partial charge in [-0.3, -0.25) is 9.69 Å². The molecule has 5 rings (SSSR count). The Morgan fingerprint density at radius 1 is 0.975 bits per heavy atom. The van der Waals surface area contributed by atoms with Crippen LogP contribution in [0.2, 0.25) is 0 Å². The fourth-order valence-corrected chi connectivity index (χ4v) is 8.45. The molecule has 2 aliphatic heterocycles. The van der Waals surface area contributed by atoms with Crippen LogP contribution in [0.3, 0.4) is 0 Å². The number of thiophene rings is 1. The number of rotatable bonds is 6. The number of aryl methyl sites for hydroxylation is 1. The maximum atomic E-state index is 13.5. The predicted octanol–water partition coefficient (Wildman–Crippen LogP) is 5.61. The van der Waals surface area contributed by atoms with E-state index >= 15 is 0 Å². The van der Waals surface area contributed by atoms with Crippen LogP contribution in [0.1, 0.15) is 67.3 Å². The van der Waals surface area contributed by atoms with Crippen molar-refractivity contribution in [3.05, 3.63) is 87.1 Å². The molecule has 40 heavy (non-hydrogen) atoms. The highest BCUT2D eigenvalue weighted by molar-refractivity contribution is 7.89. The number of carbonyl (C=O) groups excluding carboxylic acids is 1. The highest BCUT2D eigenvalue weighted by atomic mass is 32.2. The third-order valence-corrected chi connectivity index (χ3v) is 11.3. The molecule has 0 radical (unpaired) electrons. The van der Waals surface area contributed by atoms with Crippen molar-refractivity contribution < 1.29 is 13.2 Å². The van der Waals surface area contributed by atoms with E-state index in [4.69, 9.17) is 0 Å². The van der Waals surface area contributed by atoms with E-state index in [2.05, 4.69) is 68.3 Å². The molecule has 1 aromatic heterocycles. The number of carbonyl (C=O) groups is 1. The van der Waals surface area contributed by atoms with Crippen molar-refractivity contribution >= 4 is 27.3 Å². The molecule has 8 heteroatoms. The van der Waals surface area contributed by atoms with Crippen molar-refractivity contribution in [1.29, 1.82) is 0 Å². The van der Waals surface area contributed by atoms with E-state index in [0.29, 0.717) is 37.5 Å². The molecule has 214 valence electrons. The van der Waals surface area contributed by atoms with Gasteiger partial charge in [0.25, 0.3) is 0 Å². The second kappa shape index (κ2) is 11.4. The Balaban J connectivity index is 1.22. The molecule has 0 aliphatic carbocycles. The molecule has 2 aromatic carbocycles. The lowest BCUT2D eigenvalue weighted by atomic mass is 9.87. The van der Waals surface area contributed by atoms with E-state index in [0.717, 1.165) is 18.5 Å². The number of amides is 1. The summed E-state index contributed by atoms with van der Waals surface area (Å²) in [5, 5.41) is 2.17. The average Bonchev–Trinajstić information content (AvgIpc) is 3.40. The Labute approximate surface area is 243 Å². The molecule has 3 aromatic rings. The Morgan fingerprint density at radius 3 is 2.33 bits per heavy atom. The molecule has 0 N–H and O–H groups in total. The minimum atomic E-state index is -3.63. The minimum absolute atomic E-state index is 0.0398. The summed E-state index contributed by atoms with van der Waals surface area (Å²) in [6.45, 7) is 13.1. The lowest BCUT2D eigenvalue weighted by molar-refractivity contribution is -0.133. The van der Waals surface area contributed by atoms with Crippen molar-refractivity contribution in [3.63, 3.8) is 0 Å². The SMILES string of the molecule is Cc1ccc([C@H]2c3ccsc3CCN2CCC(=O)N2CCN(S(=O)(=O)c3ccc(C(C)(C)C)cc3)[C@H](C)C2)cc1. The van der Waals surface area contributed by atoms with Crippen LogP contribution in [0.25, 0.3) is 0 Å². The maximum absolute atomic E-state index is 13.5. The summed E-state index contributed by atoms with van der Waals surface area (Å²) in [6, 6.07) is 18.1. The highest BCUT2D eigenvalue weighted by Crippen LogP contribution is 2.38. The lowest BCUT2D eigenvalue weighted by Gasteiger charge is -2.40. The molecule has 3 heterocycles. The van der Waals surface area contributed by atoms with Crippen LogP contribution in [-0.4, -0.2) is 67.2 Å². The fraction of sp³-hybridized carbons (Fsp3) is 0.469. The van der Waals surface area contributed by atoms with Crippen LogP contribution in [0, 0.1) is 6.92 Å². The van der Waals surface area contributed by atoms with Crippen LogP contribution >= 0.6 is 11.3 Å². The number of sulfonamides is 1. The van der Waals surface area contributed by atoms with Crippen molar-refractivity contribution in [2.75, 3.05) is 32.7 Å². The molecule has 6 nitrogen and oxygen atoms in total. The summed E-state index contributed by atoms with van der Waals surface area (Å²) in [5.41, 5.74) is 4.92. The van der Waals surface area contributed by atoms with Gasteiger partial charge in [-0.15, -0.1) is 11.3 Å². The van der Waals surface area contributed by atoms with Crippen molar-refractivity contribution in [3.8, 4) is 0 Å². The van der Waals surface area contributed by atoms with Crippen molar-refractivity contribution in [2.24, 2.45) is 0 Å². The summed E-state index contributed by atoms with van der Waals surface area (Å²) < 4.78 is 28.5. The Hall–Kier alpha value is -2.52. The van der Waals surface area contributed by atoms with Gasteiger partial charge < -0.3 is 4.90 Å². The van der Waals surface area contributed by atoms with Gasteiger partial charge in [0, 0.05) is 50.1 Å². The second-order valence-electron chi connectivity index (χ2n) is 12.2. The third kappa shape index (κ3) is 5.91. The lowest BCUT2D eigenvalue weighted by Crippen LogP contribution is -2.55. The molecular formula is C32H41N3O3S2. The van der Waals surface area contributed by atoms with Crippen LogP contribution in [-0.2, 0) is 26.7 Å². The molecule has 1 fully saturated rings. The summed E-state index contributed by atoms with van der Waals surface area (Å²) in [6.07, 6.45) is 1.43. The minimum Gasteiger partial charge on any atom is -0.340 e. The maximum Gasteiger partial charge on any atom is 0.243 e. The largest absolute Gasteiger partial charge is 0.340 e. The van der Waals surface area contributed by atoms with Crippen molar-refractivity contribution in [1.82, 2.24) is 14.1 Å². The summed E-state index contributed by atoms with van der Waals surface area (Å²) in [7, 11) is -3.63. The van der Waals surface area contributed by atoms with Crippen LogP contribution < -0.4 is 0 Å². The first-order chi connectivity index (χ1) is 18.9. The van der Waals surface area contributed by atoms with Gasteiger partial charge in [0.15, 0.2) is 0 Å². The Morgan fingerprint density at radius 2 is 1.68 bits per heavy atom. The third-order valence-electron chi connectivity index (χ3n) is 8.32. The van der Waals surface area contributed by atoms with E-state index in [9.17, 15) is 13.2 Å². The van der Waals surface area contributed by atoms with Crippen LogP contribution in [0.5, 0.6) is 0 Å². The van der Waals surface area contributed by atoms with Gasteiger partial charge in [-0.1, -0.05) is 62.7 Å². The van der Waals surface area contributed by atoms with Crippen LogP contribution in [0.4, 0.5) is 0 Å². The first-order valence-corrected chi connectivity index (χ1v) is 16.5. The van der Waals surface area contributed by atoms with Gasteiger partial charge >= 0.3 is 0 Å². The highest BCUT2D eigenvalue weighted by Gasteiger charge is 2.36. The number of fused-ring (bicyclic) bond motifs is 1. The molecular weight excluding hydrogens is 539 g/mol. The second-order valence-corrected chi connectivity index (χ2v) is 15.1. The van der Waals surface area contributed by atoms with E-state index < -0.39 is 10.0 Å². The van der Waals surface area contributed by atoms with Crippen molar-refractivity contribution in [2.45, 2.75) is 69.9 Å². The predicted molar refractivity (Wildman–Crippen MR) is 162 cm³/mol. The topological polar surface area (TPSA) is 60.9 Å². The number of piperazine rings is 1. The summed E-state index contributed by atoms with van der Waals surface area (Å²) >= 11 is 1.82. The van der Waals surface area contributed by atoms with Gasteiger partial charge in [-0.2, -0.15) is 4.31 Å². The quantitative estimate of drug-likeness (QED) is 0.381. The normalized spacial score (nSPS) is 20.9. The van der Waals surface area contributed by atoms with E-state index in [-0.39, 0.29) is 23.4 Å². The number of nitrogens with zero attached hydrogens (tertiary/aromatic N) is 3. The standard InChI is InChI=1S/C32H41N3O3S2/c1-23-6-8-25(9-7-23)31-28-16-21-39-29(28)14-17-33(31)18-15-30(36)34-19-20-35(24(2)22-34)40(37,38)27-12-10-26(11-13-27)32(3,4)5/h6-13,16,21,24,31H,14-15,17-20,22H2,1-5H3/t24-,31+/m1/s1. The number of hydrogen-bond acceptors (Lipinski definition) is 5. The molecule has 2 aliphatic rings. The number of benzene rings is 2. The first-order valence-electron chi connectivity index (χ1n) is 14.2. The van der Waals surface area contributed by atoms with E-state index in [1.165, 1.54) is 21.6 Å². The molecule has 1 amide bonds. The molecule has 2 atom stereocenters. The molecule has 0 saturated carbocycles. The van der Waals surface area contributed by atoms with Gasteiger partial charge in [0.1, 0.15) is 0 Å². The monoisotopic (exact) mass is 579 g/mol. The zero-order chi connectivity index (χ0) is 28.7. The average molecular weight is 580 g/mol. The van der Waals surface area contributed by atoms with Crippen LogP contribution in [0.15, 0.2) is 64.9 Å². The Bertz CT molecular complexity index is 1440. The smallest absolute Gasteiger partial charge is 0.243 e. The molecule has 0 spiro atoms. The Kier molecular flexibility index (Phi) is 8.26. The molecule has 0 unspecified atom stereocenters.